The molecule has 0 aliphatic heterocycles. The fourth-order valence-electron chi connectivity index (χ4n) is 2.11. The predicted octanol–water partition coefficient (Wildman–Crippen LogP) is 4.21. The normalized spacial score (nSPS) is 11.3. The summed E-state index contributed by atoms with van der Waals surface area (Å²) < 4.78 is 5.18. The van der Waals surface area contributed by atoms with E-state index in [1.54, 1.807) is 6.20 Å². The molecule has 2 N–H and O–H groups in total. The van der Waals surface area contributed by atoms with Crippen LogP contribution < -0.4 is 10.6 Å². The average Bonchev–Trinajstić information content (AvgIpc) is 2.47. The summed E-state index contributed by atoms with van der Waals surface area (Å²) in [5.41, 5.74) is 1.29. The lowest BCUT2D eigenvalue weighted by molar-refractivity contribution is 0.0528. The van der Waals surface area contributed by atoms with Crippen molar-refractivity contribution in [2.24, 2.45) is 0 Å². The lowest BCUT2D eigenvalue weighted by atomic mass is 10.2. The molecule has 1 amide bonds. The number of nitrogens with zero attached hydrogens (tertiary/aromatic N) is 1. The van der Waals surface area contributed by atoms with Gasteiger partial charge in [-0.25, -0.2) is 4.79 Å². The number of pyridine rings is 1. The van der Waals surface area contributed by atoms with Gasteiger partial charge in [-0.2, -0.15) is 0 Å². The molecule has 0 bridgehead atoms. The maximum absolute atomic E-state index is 11.5. The molecule has 2 aromatic rings. The highest BCUT2D eigenvalue weighted by Crippen LogP contribution is 2.27. The van der Waals surface area contributed by atoms with Crippen LogP contribution in [-0.4, -0.2) is 29.8 Å². The molecule has 0 aliphatic rings. The number of hydrogen-bond donors (Lipinski definition) is 2. The Kier molecular flexibility index (Phi) is 5.66. The van der Waals surface area contributed by atoms with Gasteiger partial charge in [0, 0.05) is 30.4 Å². The Labute approximate surface area is 141 Å². The molecule has 1 aromatic carbocycles. The maximum atomic E-state index is 11.5. The molecule has 23 heavy (non-hydrogen) atoms. The third kappa shape index (κ3) is 5.28. The standard InChI is InChI=1S/C17H22ClN3O2/c1-17(2,3)23-16(22)21-11-5-10-19-14-8-7-13(18)15-12(14)6-4-9-20-15/h4,6-9,19H,5,10-11H2,1-3H3,(H,21,22). The highest BCUT2D eigenvalue weighted by Gasteiger charge is 2.15. The number of halogens is 1. The highest BCUT2D eigenvalue weighted by atomic mass is 35.5. The molecule has 124 valence electrons. The first-order valence-electron chi connectivity index (χ1n) is 7.61. The van der Waals surface area contributed by atoms with E-state index in [-0.39, 0.29) is 0 Å². The number of benzene rings is 1. The lowest BCUT2D eigenvalue weighted by Gasteiger charge is -2.19. The van der Waals surface area contributed by atoms with Crippen LogP contribution in [0.3, 0.4) is 0 Å². The Morgan fingerprint density at radius 1 is 1.26 bits per heavy atom. The van der Waals surface area contributed by atoms with Gasteiger partial charge < -0.3 is 15.4 Å². The van der Waals surface area contributed by atoms with E-state index in [1.165, 1.54) is 0 Å². The Bertz CT molecular complexity index is 683. The Morgan fingerprint density at radius 3 is 2.78 bits per heavy atom. The molecular weight excluding hydrogens is 314 g/mol. The van der Waals surface area contributed by atoms with Crippen molar-refractivity contribution in [2.75, 3.05) is 18.4 Å². The van der Waals surface area contributed by atoms with Crippen molar-refractivity contribution in [2.45, 2.75) is 32.8 Å². The van der Waals surface area contributed by atoms with Gasteiger partial charge in [-0.3, -0.25) is 4.98 Å². The summed E-state index contributed by atoms with van der Waals surface area (Å²) in [5.74, 6) is 0. The number of carbonyl (C=O) groups excluding carboxylic acids is 1. The summed E-state index contributed by atoms with van der Waals surface area (Å²) in [7, 11) is 0. The van der Waals surface area contributed by atoms with Crippen LogP contribution in [0.5, 0.6) is 0 Å². The van der Waals surface area contributed by atoms with E-state index in [9.17, 15) is 4.79 Å². The molecule has 6 heteroatoms. The van der Waals surface area contributed by atoms with Crippen LogP contribution >= 0.6 is 11.6 Å². The molecule has 0 fully saturated rings. The van der Waals surface area contributed by atoms with Gasteiger partial charge in [-0.05, 0) is 51.5 Å². The summed E-state index contributed by atoms with van der Waals surface area (Å²) in [6.07, 6.45) is 2.12. The minimum absolute atomic E-state index is 0.390. The van der Waals surface area contributed by atoms with Gasteiger partial charge in [-0.15, -0.1) is 0 Å². The number of nitrogens with one attached hydrogen (secondary N) is 2. The summed E-state index contributed by atoms with van der Waals surface area (Å²) in [4.78, 5) is 15.8. The van der Waals surface area contributed by atoms with Gasteiger partial charge in [0.1, 0.15) is 5.60 Å². The van der Waals surface area contributed by atoms with E-state index >= 15 is 0 Å². The molecule has 0 saturated heterocycles. The summed E-state index contributed by atoms with van der Waals surface area (Å²) in [6, 6.07) is 7.63. The number of aromatic nitrogens is 1. The summed E-state index contributed by atoms with van der Waals surface area (Å²) >= 11 is 6.15. The van der Waals surface area contributed by atoms with Gasteiger partial charge in [0.15, 0.2) is 0 Å². The van der Waals surface area contributed by atoms with Gasteiger partial charge in [0.25, 0.3) is 0 Å². The first-order valence-corrected chi connectivity index (χ1v) is 7.98. The second kappa shape index (κ2) is 7.51. The fourth-order valence-corrected chi connectivity index (χ4v) is 2.32. The minimum atomic E-state index is -0.475. The van der Waals surface area contributed by atoms with Crippen LogP contribution in [0.2, 0.25) is 5.02 Å². The Balaban J connectivity index is 1.81. The second-order valence-corrected chi connectivity index (χ2v) is 6.61. The van der Waals surface area contributed by atoms with E-state index in [1.807, 2.05) is 45.0 Å². The van der Waals surface area contributed by atoms with Crippen molar-refractivity contribution in [3.8, 4) is 0 Å². The molecule has 0 saturated carbocycles. The molecule has 1 aromatic heterocycles. The number of hydrogen-bond acceptors (Lipinski definition) is 4. The topological polar surface area (TPSA) is 63.2 Å². The Hall–Kier alpha value is -2.01. The molecule has 0 radical (unpaired) electrons. The van der Waals surface area contributed by atoms with Gasteiger partial charge in [0.05, 0.1) is 10.5 Å². The van der Waals surface area contributed by atoms with Crippen LogP contribution in [0.4, 0.5) is 10.5 Å². The van der Waals surface area contributed by atoms with E-state index in [0.29, 0.717) is 11.6 Å². The van der Waals surface area contributed by atoms with E-state index < -0.39 is 11.7 Å². The maximum Gasteiger partial charge on any atom is 0.407 e. The zero-order valence-electron chi connectivity index (χ0n) is 13.6. The number of anilines is 1. The predicted molar refractivity (Wildman–Crippen MR) is 94.1 cm³/mol. The zero-order valence-corrected chi connectivity index (χ0v) is 14.4. The number of carbonyl (C=O) groups is 1. The van der Waals surface area contributed by atoms with Gasteiger partial charge in [0.2, 0.25) is 0 Å². The quantitative estimate of drug-likeness (QED) is 0.803. The highest BCUT2D eigenvalue weighted by molar-refractivity contribution is 6.35. The van der Waals surface area contributed by atoms with Crippen LogP contribution in [0.15, 0.2) is 30.5 Å². The molecule has 0 spiro atoms. The summed E-state index contributed by atoms with van der Waals surface area (Å²) in [5, 5.41) is 7.71. The molecule has 0 unspecified atom stereocenters. The third-order valence-corrected chi connectivity index (χ3v) is 3.36. The SMILES string of the molecule is CC(C)(C)OC(=O)NCCCNc1ccc(Cl)c2ncccc12. The number of alkyl carbamates (subject to hydrolysis) is 1. The molecular formula is C17H22ClN3O2. The van der Waals surface area contributed by atoms with Crippen LogP contribution in [0, 0.1) is 0 Å². The third-order valence-electron chi connectivity index (χ3n) is 3.06. The number of amides is 1. The Morgan fingerprint density at radius 2 is 2.04 bits per heavy atom. The van der Waals surface area contributed by atoms with Crippen LogP contribution in [0.25, 0.3) is 10.9 Å². The number of ether oxygens (including phenoxy) is 1. The first kappa shape index (κ1) is 17.3. The zero-order chi connectivity index (χ0) is 16.9. The molecule has 5 nitrogen and oxygen atoms in total. The molecule has 0 atom stereocenters. The lowest BCUT2D eigenvalue weighted by Crippen LogP contribution is -2.33. The number of fused-ring (bicyclic) bond motifs is 1. The van der Waals surface area contributed by atoms with Crippen molar-refractivity contribution in [3.63, 3.8) is 0 Å². The van der Waals surface area contributed by atoms with Crippen molar-refractivity contribution in [1.82, 2.24) is 10.3 Å². The minimum Gasteiger partial charge on any atom is -0.444 e. The number of rotatable bonds is 5. The van der Waals surface area contributed by atoms with Gasteiger partial charge in [-0.1, -0.05) is 11.6 Å². The van der Waals surface area contributed by atoms with E-state index in [0.717, 1.165) is 29.6 Å². The molecule has 0 aliphatic carbocycles. The second-order valence-electron chi connectivity index (χ2n) is 6.20. The smallest absolute Gasteiger partial charge is 0.407 e. The van der Waals surface area contributed by atoms with E-state index in [4.69, 9.17) is 16.3 Å². The summed E-state index contributed by atoms with van der Waals surface area (Å²) in [6.45, 7) is 6.79. The molecule has 1 heterocycles. The van der Waals surface area contributed by atoms with Crippen LogP contribution in [-0.2, 0) is 4.74 Å². The first-order chi connectivity index (χ1) is 10.9. The van der Waals surface area contributed by atoms with E-state index in [2.05, 4.69) is 15.6 Å². The van der Waals surface area contributed by atoms with Crippen molar-refractivity contribution in [3.05, 3.63) is 35.5 Å². The largest absolute Gasteiger partial charge is 0.444 e. The monoisotopic (exact) mass is 335 g/mol. The van der Waals surface area contributed by atoms with Gasteiger partial charge >= 0.3 is 6.09 Å². The van der Waals surface area contributed by atoms with Crippen LogP contribution in [0.1, 0.15) is 27.2 Å². The average molecular weight is 336 g/mol. The van der Waals surface area contributed by atoms with Crippen molar-refractivity contribution < 1.29 is 9.53 Å². The van der Waals surface area contributed by atoms with Crippen molar-refractivity contribution >= 4 is 34.3 Å². The van der Waals surface area contributed by atoms with Crippen molar-refractivity contribution in [1.29, 1.82) is 0 Å². The fraction of sp³-hybridized carbons (Fsp3) is 0.412. The molecule has 2 rings (SSSR count).